The maximum absolute atomic E-state index is 13.4. The molecule has 2 atom stereocenters. The molecule has 0 aromatic carbocycles. The van der Waals surface area contributed by atoms with Gasteiger partial charge in [0.15, 0.2) is 11.5 Å². The quantitative estimate of drug-likeness (QED) is 0.477. The Morgan fingerprint density at radius 3 is 2.81 bits per heavy atom. The number of amides is 1. The smallest absolute Gasteiger partial charge is 0.276 e. The van der Waals surface area contributed by atoms with Crippen LogP contribution >= 0.6 is 11.3 Å². The van der Waals surface area contributed by atoms with E-state index in [2.05, 4.69) is 26.7 Å². The zero-order chi connectivity index (χ0) is 21.7. The summed E-state index contributed by atoms with van der Waals surface area (Å²) in [6.07, 6.45) is 2.99. The first-order valence-electron chi connectivity index (χ1n) is 9.89. The highest BCUT2D eigenvalue weighted by molar-refractivity contribution is 7.10. The van der Waals surface area contributed by atoms with Crippen LogP contribution in [0.5, 0.6) is 0 Å². The third kappa shape index (κ3) is 3.25. The van der Waals surface area contributed by atoms with Crippen molar-refractivity contribution < 1.29 is 13.7 Å². The van der Waals surface area contributed by atoms with E-state index in [4.69, 9.17) is 4.52 Å². The summed E-state index contributed by atoms with van der Waals surface area (Å²) in [5.74, 6) is -0.282. The van der Waals surface area contributed by atoms with Gasteiger partial charge in [-0.05, 0) is 43.0 Å². The summed E-state index contributed by atoms with van der Waals surface area (Å²) in [4.78, 5) is 20.5. The molecule has 0 bridgehead atoms. The molecule has 0 saturated heterocycles. The molecule has 7 nitrogen and oxygen atoms in total. The highest BCUT2D eigenvalue weighted by Gasteiger charge is 2.37. The van der Waals surface area contributed by atoms with E-state index in [0.29, 0.717) is 18.0 Å². The average Bonchev–Trinajstić information content (AvgIpc) is 3.51. The van der Waals surface area contributed by atoms with Crippen molar-refractivity contribution in [2.75, 3.05) is 6.54 Å². The maximum Gasteiger partial charge on any atom is 0.276 e. The molecule has 1 amide bonds. The van der Waals surface area contributed by atoms with Crippen LogP contribution in [0.15, 0.2) is 46.6 Å². The number of nitrogens with zero attached hydrogens (tertiary/aromatic N) is 5. The monoisotopic (exact) mass is 437 g/mol. The SMILES string of the molecule is Cc1c(C2CN(C(=O)c3cc(-c4ccc(F)cn4)on3)C(C)c3ccsc32)cnn1C. The number of fused-ring (bicyclic) bond motifs is 1. The van der Waals surface area contributed by atoms with E-state index in [1.807, 2.05) is 36.7 Å². The molecule has 9 heteroatoms. The molecule has 2 unspecified atom stereocenters. The van der Waals surface area contributed by atoms with Crippen molar-refractivity contribution in [1.82, 2.24) is 24.8 Å². The lowest BCUT2D eigenvalue weighted by Gasteiger charge is -2.37. The van der Waals surface area contributed by atoms with Crippen LogP contribution in [-0.2, 0) is 7.05 Å². The predicted octanol–water partition coefficient (Wildman–Crippen LogP) is 4.33. The highest BCUT2D eigenvalue weighted by Crippen LogP contribution is 2.43. The van der Waals surface area contributed by atoms with Crippen LogP contribution in [0.25, 0.3) is 11.5 Å². The summed E-state index contributed by atoms with van der Waals surface area (Å²) in [7, 11) is 1.92. The molecule has 5 heterocycles. The summed E-state index contributed by atoms with van der Waals surface area (Å²) < 4.78 is 20.3. The third-order valence-corrected chi connectivity index (χ3v) is 7.01. The second-order valence-electron chi connectivity index (χ2n) is 7.67. The van der Waals surface area contributed by atoms with Gasteiger partial charge in [0.1, 0.15) is 11.5 Å². The number of hydrogen-bond acceptors (Lipinski definition) is 6. The number of carbonyl (C=O) groups is 1. The van der Waals surface area contributed by atoms with Gasteiger partial charge in [0.2, 0.25) is 0 Å². The van der Waals surface area contributed by atoms with Crippen molar-refractivity contribution in [3.05, 3.63) is 75.2 Å². The summed E-state index contributed by atoms with van der Waals surface area (Å²) in [6.45, 7) is 4.59. The lowest BCUT2D eigenvalue weighted by molar-refractivity contribution is 0.0656. The van der Waals surface area contributed by atoms with Crippen molar-refractivity contribution in [1.29, 1.82) is 0 Å². The Morgan fingerprint density at radius 1 is 1.26 bits per heavy atom. The fraction of sp³-hybridized carbons (Fsp3) is 0.273. The second-order valence-corrected chi connectivity index (χ2v) is 8.62. The fourth-order valence-electron chi connectivity index (χ4n) is 4.09. The van der Waals surface area contributed by atoms with E-state index in [1.54, 1.807) is 17.4 Å². The molecular weight excluding hydrogens is 417 g/mol. The molecule has 158 valence electrons. The van der Waals surface area contributed by atoms with E-state index in [0.717, 1.165) is 23.0 Å². The van der Waals surface area contributed by atoms with E-state index >= 15 is 0 Å². The van der Waals surface area contributed by atoms with Crippen LogP contribution in [0.2, 0.25) is 0 Å². The summed E-state index contributed by atoms with van der Waals surface area (Å²) in [5.41, 5.74) is 3.96. The maximum atomic E-state index is 13.4. The number of pyridine rings is 1. The highest BCUT2D eigenvalue weighted by atomic mass is 32.1. The molecule has 0 aliphatic carbocycles. The molecule has 0 radical (unpaired) electrons. The molecule has 0 N–H and O–H groups in total. The van der Waals surface area contributed by atoms with Crippen LogP contribution in [0.3, 0.4) is 0 Å². The van der Waals surface area contributed by atoms with Crippen LogP contribution < -0.4 is 0 Å². The van der Waals surface area contributed by atoms with Crippen molar-refractivity contribution >= 4 is 17.2 Å². The van der Waals surface area contributed by atoms with Gasteiger partial charge in [0.25, 0.3) is 5.91 Å². The Balaban J connectivity index is 1.48. The van der Waals surface area contributed by atoms with Gasteiger partial charge < -0.3 is 9.42 Å². The number of rotatable bonds is 3. The van der Waals surface area contributed by atoms with E-state index in [-0.39, 0.29) is 23.6 Å². The molecule has 0 saturated carbocycles. The number of halogens is 1. The van der Waals surface area contributed by atoms with Crippen LogP contribution in [0, 0.1) is 12.7 Å². The topological polar surface area (TPSA) is 77.1 Å². The first-order chi connectivity index (χ1) is 14.9. The van der Waals surface area contributed by atoms with Crippen molar-refractivity contribution in [3.8, 4) is 11.5 Å². The van der Waals surface area contributed by atoms with Gasteiger partial charge in [-0.3, -0.25) is 9.48 Å². The summed E-state index contributed by atoms with van der Waals surface area (Å²) >= 11 is 1.71. The van der Waals surface area contributed by atoms with Crippen molar-refractivity contribution in [3.63, 3.8) is 0 Å². The minimum atomic E-state index is -0.440. The zero-order valence-corrected chi connectivity index (χ0v) is 18.1. The fourth-order valence-corrected chi connectivity index (χ4v) is 5.19. The van der Waals surface area contributed by atoms with Crippen molar-refractivity contribution in [2.45, 2.75) is 25.8 Å². The minimum Gasteiger partial charge on any atom is -0.354 e. The Hall–Kier alpha value is -3.33. The predicted molar refractivity (Wildman–Crippen MR) is 113 cm³/mol. The van der Waals surface area contributed by atoms with Gasteiger partial charge in [0, 0.05) is 41.7 Å². The molecular formula is C22H20FN5O2S. The first kappa shape index (κ1) is 19.6. The summed E-state index contributed by atoms with van der Waals surface area (Å²) in [5, 5.41) is 10.4. The second kappa shape index (κ2) is 7.42. The number of carbonyl (C=O) groups excluding carboxylic acids is 1. The molecule has 1 aliphatic rings. The lowest BCUT2D eigenvalue weighted by atomic mass is 9.88. The number of thiophene rings is 1. The molecule has 5 rings (SSSR count). The number of aromatic nitrogens is 4. The Labute approximate surface area is 182 Å². The Morgan fingerprint density at radius 2 is 2.10 bits per heavy atom. The number of hydrogen-bond donors (Lipinski definition) is 0. The largest absolute Gasteiger partial charge is 0.354 e. The number of aryl methyl sites for hydroxylation is 1. The molecule has 31 heavy (non-hydrogen) atoms. The van der Waals surface area contributed by atoms with Gasteiger partial charge in [-0.25, -0.2) is 9.37 Å². The Bertz CT molecular complexity index is 1260. The van der Waals surface area contributed by atoms with Crippen LogP contribution in [0.1, 0.15) is 51.1 Å². The minimum absolute atomic E-state index is 0.0500. The van der Waals surface area contributed by atoms with E-state index in [9.17, 15) is 9.18 Å². The van der Waals surface area contributed by atoms with E-state index in [1.165, 1.54) is 17.0 Å². The van der Waals surface area contributed by atoms with Gasteiger partial charge in [-0.1, -0.05) is 5.16 Å². The van der Waals surface area contributed by atoms with Crippen LogP contribution in [0.4, 0.5) is 4.39 Å². The van der Waals surface area contributed by atoms with Crippen LogP contribution in [-0.4, -0.2) is 37.3 Å². The molecule has 4 aromatic rings. The molecule has 1 aliphatic heterocycles. The van der Waals surface area contributed by atoms with Gasteiger partial charge >= 0.3 is 0 Å². The van der Waals surface area contributed by atoms with E-state index < -0.39 is 5.82 Å². The normalized spacial score (nSPS) is 18.3. The van der Waals surface area contributed by atoms with Gasteiger partial charge in [-0.2, -0.15) is 5.10 Å². The van der Waals surface area contributed by atoms with Gasteiger partial charge in [0.05, 0.1) is 18.4 Å². The van der Waals surface area contributed by atoms with Gasteiger partial charge in [-0.15, -0.1) is 11.3 Å². The molecule has 0 fully saturated rings. The molecule has 4 aromatic heterocycles. The standard InChI is InChI=1S/C22H20FN5O2S/c1-12-16(10-25-27(12)3)17-11-28(13(2)15-6-7-31-21(15)17)22(29)19-8-20(30-26-19)18-5-4-14(23)9-24-18/h4-10,13,17H,11H2,1-3H3. The lowest BCUT2D eigenvalue weighted by Crippen LogP contribution is -2.40. The molecule has 0 spiro atoms. The first-order valence-corrected chi connectivity index (χ1v) is 10.8. The zero-order valence-electron chi connectivity index (χ0n) is 17.2. The van der Waals surface area contributed by atoms with Crippen molar-refractivity contribution in [2.24, 2.45) is 7.05 Å². The Kier molecular flexibility index (Phi) is 4.70. The average molecular weight is 438 g/mol. The summed E-state index contributed by atoms with van der Waals surface area (Å²) in [6, 6.07) is 6.33. The third-order valence-electron chi connectivity index (χ3n) is 5.96.